The van der Waals surface area contributed by atoms with Crippen LogP contribution in [0.4, 0.5) is 4.39 Å². The van der Waals surface area contributed by atoms with Crippen LogP contribution in [0.1, 0.15) is 22.7 Å². The van der Waals surface area contributed by atoms with Crippen molar-refractivity contribution in [2.45, 2.75) is 16.7 Å². The quantitative estimate of drug-likeness (QED) is 0.784. The largest absolute Gasteiger partial charge is 0.320 e. The fourth-order valence-electron chi connectivity index (χ4n) is 2.24. The first-order chi connectivity index (χ1) is 8.66. The standard InChI is InChI=1S/C14H11BrFNS/c15-12-3-1-2-11-13(17)10-5-4-9(16)6-8(10)7-18-14(11)12/h1-6,13H,7,17H2. The third-order valence-corrected chi connectivity index (χ3v) is 5.27. The van der Waals surface area contributed by atoms with Gasteiger partial charge < -0.3 is 5.73 Å². The second-order valence-corrected chi connectivity index (χ2v) is 6.11. The topological polar surface area (TPSA) is 26.0 Å². The van der Waals surface area contributed by atoms with Gasteiger partial charge in [-0.25, -0.2) is 4.39 Å². The Morgan fingerprint density at radius 3 is 2.89 bits per heavy atom. The first-order valence-corrected chi connectivity index (χ1v) is 7.40. The van der Waals surface area contributed by atoms with E-state index < -0.39 is 0 Å². The lowest BCUT2D eigenvalue weighted by molar-refractivity contribution is 0.624. The molecule has 1 heterocycles. The van der Waals surface area contributed by atoms with Crippen molar-refractivity contribution in [1.29, 1.82) is 0 Å². The minimum absolute atomic E-state index is 0.192. The maximum Gasteiger partial charge on any atom is 0.123 e. The summed E-state index contributed by atoms with van der Waals surface area (Å²) in [5.74, 6) is 0.544. The summed E-state index contributed by atoms with van der Waals surface area (Å²) in [6.07, 6.45) is 0. The molecule has 0 spiro atoms. The Balaban J connectivity index is 2.18. The van der Waals surface area contributed by atoms with Crippen molar-refractivity contribution in [1.82, 2.24) is 0 Å². The highest BCUT2D eigenvalue weighted by molar-refractivity contribution is 9.10. The maximum absolute atomic E-state index is 13.3. The van der Waals surface area contributed by atoms with Gasteiger partial charge in [0, 0.05) is 15.1 Å². The number of halogens is 2. The maximum atomic E-state index is 13.3. The summed E-state index contributed by atoms with van der Waals surface area (Å²) >= 11 is 5.25. The van der Waals surface area contributed by atoms with Crippen molar-refractivity contribution < 1.29 is 4.39 Å². The first kappa shape index (κ1) is 12.2. The Morgan fingerprint density at radius 2 is 2.06 bits per heavy atom. The smallest absolute Gasteiger partial charge is 0.123 e. The second kappa shape index (κ2) is 4.68. The molecule has 0 fully saturated rings. The van der Waals surface area contributed by atoms with E-state index in [1.807, 2.05) is 18.2 Å². The predicted molar refractivity (Wildman–Crippen MR) is 76.1 cm³/mol. The van der Waals surface area contributed by atoms with Crippen LogP contribution < -0.4 is 5.73 Å². The molecule has 18 heavy (non-hydrogen) atoms. The summed E-state index contributed by atoms with van der Waals surface area (Å²) in [6, 6.07) is 10.7. The number of fused-ring (bicyclic) bond motifs is 2. The fourth-order valence-corrected chi connectivity index (χ4v) is 4.09. The molecule has 1 aliphatic heterocycles. The minimum Gasteiger partial charge on any atom is -0.320 e. The molecule has 92 valence electrons. The lowest BCUT2D eigenvalue weighted by Crippen LogP contribution is -2.13. The van der Waals surface area contributed by atoms with E-state index in [0.29, 0.717) is 0 Å². The van der Waals surface area contributed by atoms with E-state index in [-0.39, 0.29) is 11.9 Å². The Labute approximate surface area is 118 Å². The van der Waals surface area contributed by atoms with Gasteiger partial charge in [-0.05, 0) is 50.8 Å². The van der Waals surface area contributed by atoms with E-state index in [1.54, 1.807) is 23.9 Å². The molecule has 1 nitrogen and oxygen atoms in total. The van der Waals surface area contributed by atoms with Crippen molar-refractivity contribution >= 4 is 27.7 Å². The third-order valence-electron chi connectivity index (χ3n) is 3.14. The van der Waals surface area contributed by atoms with Crippen LogP contribution in [0, 0.1) is 5.82 Å². The number of thioether (sulfide) groups is 1. The summed E-state index contributed by atoms with van der Waals surface area (Å²) in [5.41, 5.74) is 9.41. The van der Waals surface area contributed by atoms with E-state index in [2.05, 4.69) is 15.9 Å². The molecule has 1 aliphatic rings. The lowest BCUT2D eigenvalue weighted by Gasteiger charge is -2.15. The normalized spacial score (nSPS) is 17.8. The van der Waals surface area contributed by atoms with Gasteiger partial charge in [-0.1, -0.05) is 18.2 Å². The molecule has 1 unspecified atom stereocenters. The van der Waals surface area contributed by atoms with Crippen molar-refractivity contribution in [2.75, 3.05) is 0 Å². The summed E-state index contributed by atoms with van der Waals surface area (Å²) in [6.45, 7) is 0. The Morgan fingerprint density at radius 1 is 1.22 bits per heavy atom. The van der Waals surface area contributed by atoms with E-state index in [4.69, 9.17) is 5.73 Å². The van der Waals surface area contributed by atoms with Gasteiger partial charge in [0.1, 0.15) is 5.82 Å². The molecule has 0 bridgehead atoms. The Kier molecular flexibility index (Phi) is 3.18. The summed E-state index contributed by atoms with van der Waals surface area (Å²) < 4.78 is 14.4. The molecule has 4 heteroatoms. The predicted octanol–water partition coefficient (Wildman–Crippen LogP) is 4.24. The number of hydrogen-bond acceptors (Lipinski definition) is 2. The van der Waals surface area contributed by atoms with Crippen LogP contribution in [0.2, 0.25) is 0 Å². The molecule has 0 aromatic heterocycles. The highest BCUT2D eigenvalue weighted by atomic mass is 79.9. The molecule has 0 amide bonds. The molecule has 0 radical (unpaired) electrons. The van der Waals surface area contributed by atoms with Crippen molar-refractivity contribution in [2.24, 2.45) is 5.73 Å². The van der Waals surface area contributed by atoms with Gasteiger partial charge >= 0.3 is 0 Å². The summed E-state index contributed by atoms with van der Waals surface area (Å²) in [4.78, 5) is 1.15. The zero-order chi connectivity index (χ0) is 12.7. The van der Waals surface area contributed by atoms with Crippen LogP contribution >= 0.6 is 27.7 Å². The van der Waals surface area contributed by atoms with Gasteiger partial charge in [0.15, 0.2) is 0 Å². The fraction of sp³-hybridized carbons (Fsp3) is 0.143. The van der Waals surface area contributed by atoms with Gasteiger partial charge in [0.25, 0.3) is 0 Å². The molecule has 2 N–H and O–H groups in total. The number of hydrogen-bond donors (Lipinski definition) is 1. The Bertz CT molecular complexity index is 615. The van der Waals surface area contributed by atoms with Gasteiger partial charge in [0.2, 0.25) is 0 Å². The number of benzene rings is 2. The molecule has 0 saturated carbocycles. The average molecular weight is 324 g/mol. The second-order valence-electron chi connectivity index (χ2n) is 4.27. The van der Waals surface area contributed by atoms with Gasteiger partial charge in [0.05, 0.1) is 6.04 Å². The van der Waals surface area contributed by atoms with E-state index >= 15 is 0 Å². The number of nitrogens with two attached hydrogens (primary N) is 1. The molecular weight excluding hydrogens is 313 g/mol. The molecule has 1 atom stereocenters. The SMILES string of the molecule is NC1c2ccc(F)cc2CSc2c(Br)cccc21. The molecule has 2 aromatic rings. The molecular formula is C14H11BrFNS. The van der Waals surface area contributed by atoms with E-state index in [1.165, 1.54) is 6.07 Å². The highest BCUT2D eigenvalue weighted by Crippen LogP contribution is 2.41. The molecule has 0 saturated heterocycles. The van der Waals surface area contributed by atoms with Crippen LogP contribution in [0.3, 0.4) is 0 Å². The average Bonchev–Trinajstić information content (AvgIpc) is 2.49. The lowest BCUT2D eigenvalue weighted by atomic mass is 9.96. The van der Waals surface area contributed by atoms with Crippen LogP contribution in [0.5, 0.6) is 0 Å². The third kappa shape index (κ3) is 1.98. The van der Waals surface area contributed by atoms with E-state index in [0.717, 1.165) is 31.8 Å². The Hall–Kier alpha value is -0.840. The van der Waals surface area contributed by atoms with Crippen LogP contribution in [0.25, 0.3) is 0 Å². The zero-order valence-corrected chi connectivity index (χ0v) is 11.9. The first-order valence-electron chi connectivity index (χ1n) is 5.62. The number of rotatable bonds is 0. The zero-order valence-electron chi connectivity index (χ0n) is 9.49. The van der Waals surface area contributed by atoms with Gasteiger partial charge in [-0.2, -0.15) is 0 Å². The molecule has 3 rings (SSSR count). The van der Waals surface area contributed by atoms with Crippen LogP contribution in [-0.4, -0.2) is 0 Å². The van der Waals surface area contributed by atoms with E-state index in [9.17, 15) is 4.39 Å². The summed E-state index contributed by atoms with van der Waals surface area (Å²) in [7, 11) is 0. The molecule has 0 aliphatic carbocycles. The van der Waals surface area contributed by atoms with Crippen molar-refractivity contribution in [3.05, 3.63) is 63.4 Å². The monoisotopic (exact) mass is 323 g/mol. The van der Waals surface area contributed by atoms with Gasteiger partial charge in [-0.3, -0.25) is 0 Å². The minimum atomic E-state index is -0.202. The summed E-state index contributed by atoms with van der Waals surface area (Å²) in [5, 5.41) is 0. The van der Waals surface area contributed by atoms with Crippen molar-refractivity contribution in [3.8, 4) is 0 Å². The van der Waals surface area contributed by atoms with Gasteiger partial charge in [-0.15, -0.1) is 11.8 Å². The molecule has 2 aromatic carbocycles. The van der Waals surface area contributed by atoms with Crippen molar-refractivity contribution in [3.63, 3.8) is 0 Å². The van der Waals surface area contributed by atoms with Crippen LogP contribution in [0.15, 0.2) is 45.8 Å². The van der Waals surface area contributed by atoms with Crippen LogP contribution in [-0.2, 0) is 5.75 Å². The highest BCUT2D eigenvalue weighted by Gasteiger charge is 2.22.